The molecule has 3 aromatic rings. The summed E-state index contributed by atoms with van der Waals surface area (Å²) in [6.07, 6.45) is 0. The zero-order valence-electron chi connectivity index (χ0n) is 14.2. The molecule has 0 unspecified atom stereocenters. The fraction of sp³-hybridized carbons (Fsp3) is 0.105. The minimum atomic E-state index is -0.369. The summed E-state index contributed by atoms with van der Waals surface area (Å²) < 4.78 is 5.21. The molecule has 1 aromatic heterocycles. The van der Waals surface area contributed by atoms with E-state index in [1.54, 1.807) is 56.4 Å². The Morgan fingerprint density at radius 2 is 1.73 bits per heavy atom. The van der Waals surface area contributed by atoms with Gasteiger partial charge in [-0.1, -0.05) is 35.0 Å². The molecule has 0 radical (unpaired) electrons. The van der Waals surface area contributed by atoms with E-state index in [1.165, 1.54) is 0 Å². The van der Waals surface area contributed by atoms with Gasteiger partial charge in [0.1, 0.15) is 17.0 Å². The molecule has 2 amide bonds. The Labute approximate surface area is 155 Å². The van der Waals surface area contributed by atoms with Crippen LogP contribution in [0, 0.1) is 6.92 Å². The predicted octanol–water partition coefficient (Wildman–Crippen LogP) is 3.92. The minimum absolute atomic E-state index is 0.196. The van der Waals surface area contributed by atoms with Crippen molar-refractivity contribution in [2.24, 2.45) is 0 Å². The molecule has 0 fully saturated rings. The molecule has 0 aliphatic heterocycles. The second kappa shape index (κ2) is 7.41. The van der Waals surface area contributed by atoms with Gasteiger partial charge in [0.25, 0.3) is 11.8 Å². The number of carbonyl (C=O) groups is 2. The Kier molecular flexibility index (Phi) is 5.04. The van der Waals surface area contributed by atoms with Crippen molar-refractivity contribution in [3.05, 3.63) is 70.4 Å². The van der Waals surface area contributed by atoms with Crippen LogP contribution in [0.4, 0.5) is 5.69 Å². The van der Waals surface area contributed by atoms with Gasteiger partial charge in [0.15, 0.2) is 0 Å². The number of nitrogens with zero attached hydrogens (tertiary/aromatic N) is 1. The van der Waals surface area contributed by atoms with Crippen LogP contribution in [0.2, 0.25) is 5.02 Å². The minimum Gasteiger partial charge on any atom is -0.360 e. The summed E-state index contributed by atoms with van der Waals surface area (Å²) in [5, 5.41) is 9.79. The molecule has 0 saturated carbocycles. The SMILES string of the molecule is CNC(=O)c1ccc(NC(=O)c2c(-c3ccccc3Cl)noc2C)cc1. The Morgan fingerprint density at radius 1 is 1.04 bits per heavy atom. The molecule has 0 saturated heterocycles. The van der Waals surface area contributed by atoms with Crippen molar-refractivity contribution < 1.29 is 14.1 Å². The first-order valence-electron chi connectivity index (χ1n) is 7.86. The number of benzene rings is 2. The van der Waals surface area contributed by atoms with Crippen molar-refractivity contribution in [3.63, 3.8) is 0 Å². The molecule has 0 bridgehead atoms. The van der Waals surface area contributed by atoms with E-state index in [2.05, 4.69) is 15.8 Å². The molecule has 1 heterocycles. The molecule has 26 heavy (non-hydrogen) atoms. The Hall–Kier alpha value is -3.12. The van der Waals surface area contributed by atoms with Gasteiger partial charge in [-0.3, -0.25) is 9.59 Å². The Morgan fingerprint density at radius 3 is 2.38 bits per heavy atom. The van der Waals surface area contributed by atoms with Crippen LogP contribution in [0.15, 0.2) is 53.1 Å². The van der Waals surface area contributed by atoms with E-state index in [4.69, 9.17) is 16.1 Å². The van der Waals surface area contributed by atoms with Crippen molar-refractivity contribution in [3.8, 4) is 11.3 Å². The fourth-order valence-corrected chi connectivity index (χ4v) is 2.74. The summed E-state index contributed by atoms with van der Waals surface area (Å²) in [6.45, 7) is 1.66. The molecule has 2 N–H and O–H groups in total. The van der Waals surface area contributed by atoms with E-state index >= 15 is 0 Å². The highest BCUT2D eigenvalue weighted by atomic mass is 35.5. The van der Waals surface area contributed by atoms with Crippen LogP contribution < -0.4 is 10.6 Å². The van der Waals surface area contributed by atoms with Gasteiger partial charge in [0, 0.05) is 23.9 Å². The maximum absolute atomic E-state index is 12.7. The fourth-order valence-electron chi connectivity index (χ4n) is 2.52. The highest BCUT2D eigenvalue weighted by Crippen LogP contribution is 2.31. The lowest BCUT2D eigenvalue weighted by atomic mass is 10.1. The third kappa shape index (κ3) is 3.45. The molecular formula is C19H16ClN3O3. The van der Waals surface area contributed by atoms with E-state index in [0.717, 1.165) is 0 Å². The van der Waals surface area contributed by atoms with Gasteiger partial charge in [-0.2, -0.15) is 0 Å². The Balaban J connectivity index is 1.88. The smallest absolute Gasteiger partial charge is 0.261 e. The number of hydrogen-bond donors (Lipinski definition) is 2. The monoisotopic (exact) mass is 369 g/mol. The van der Waals surface area contributed by atoms with Gasteiger partial charge in [0.05, 0.1) is 5.02 Å². The average molecular weight is 370 g/mol. The number of nitrogens with one attached hydrogen (secondary N) is 2. The van der Waals surface area contributed by atoms with E-state index < -0.39 is 0 Å². The maximum atomic E-state index is 12.7. The number of hydrogen-bond acceptors (Lipinski definition) is 4. The molecule has 2 aromatic carbocycles. The standard InChI is InChI=1S/C19H16ClN3O3/c1-11-16(17(23-26-11)14-5-3-4-6-15(14)20)19(25)22-13-9-7-12(8-10-13)18(24)21-2/h3-10H,1-2H3,(H,21,24)(H,22,25). The summed E-state index contributed by atoms with van der Waals surface area (Å²) in [5.41, 5.74) is 2.36. The van der Waals surface area contributed by atoms with Crippen LogP contribution in [0.3, 0.4) is 0 Å². The largest absolute Gasteiger partial charge is 0.360 e. The second-order valence-electron chi connectivity index (χ2n) is 5.55. The highest BCUT2D eigenvalue weighted by Gasteiger charge is 2.23. The zero-order chi connectivity index (χ0) is 18.7. The number of anilines is 1. The van der Waals surface area contributed by atoms with Gasteiger partial charge in [-0.05, 0) is 37.3 Å². The van der Waals surface area contributed by atoms with Crippen LogP contribution in [0.5, 0.6) is 0 Å². The molecular weight excluding hydrogens is 354 g/mol. The number of halogens is 1. The molecule has 0 aliphatic rings. The Bertz CT molecular complexity index is 964. The first-order valence-corrected chi connectivity index (χ1v) is 8.23. The number of rotatable bonds is 4. The number of aromatic nitrogens is 1. The topological polar surface area (TPSA) is 84.2 Å². The van der Waals surface area contributed by atoms with E-state index in [9.17, 15) is 9.59 Å². The summed E-state index contributed by atoms with van der Waals surface area (Å²) in [4.78, 5) is 24.3. The van der Waals surface area contributed by atoms with Gasteiger partial charge < -0.3 is 15.2 Å². The summed E-state index contributed by atoms with van der Waals surface area (Å²) in [5.74, 6) is -0.176. The summed E-state index contributed by atoms with van der Waals surface area (Å²) in [7, 11) is 1.56. The summed E-state index contributed by atoms with van der Waals surface area (Å²) >= 11 is 6.21. The van der Waals surface area contributed by atoms with Crippen molar-refractivity contribution >= 4 is 29.1 Å². The molecule has 0 atom stereocenters. The lowest BCUT2D eigenvalue weighted by Crippen LogP contribution is -2.18. The van der Waals surface area contributed by atoms with Gasteiger partial charge in [-0.25, -0.2) is 0 Å². The normalized spacial score (nSPS) is 10.4. The number of amides is 2. The van der Waals surface area contributed by atoms with Crippen molar-refractivity contribution in [1.82, 2.24) is 10.5 Å². The lowest BCUT2D eigenvalue weighted by Gasteiger charge is -2.07. The lowest BCUT2D eigenvalue weighted by molar-refractivity contribution is 0.0962. The third-order valence-corrected chi connectivity index (χ3v) is 4.18. The molecule has 6 nitrogen and oxygen atoms in total. The van der Waals surface area contributed by atoms with Gasteiger partial charge in [-0.15, -0.1) is 0 Å². The van der Waals surface area contributed by atoms with Crippen molar-refractivity contribution in [2.45, 2.75) is 6.92 Å². The van der Waals surface area contributed by atoms with Crippen molar-refractivity contribution in [2.75, 3.05) is 12.4 Å². The maximum Gasteiger partial charge on any atom is 0.261 e. The van der Waals surface area contributed by atoms with Crippen LogP contribution in [-0.2, 0) is 0 Å². The quantitative estimate of drug-likeness (QED) is 0.730. The number of carbonyl (C=O) groups excluding carboxylic acids is 2. The van der Waals surface area contributed by atoms with Gasteiger partial charge >= 0.3 is 0 Å². The van der Waals surface area contributed by atoms with Crippen LogP contribution in [0.1, 0.15) is 26.5 Å². The number of aryl methyl sites for hydroxylation is 1. The third-order valence-electron chi connectivity index (χ3n) is 3.85. The van der Waals surface area contributed by atoms with Crippen LogP contribution >= 0.6 is 11.6 Å². The molecule has 0 aliphatic carbocycles. The average Bonchev–Trinajstić information content (AvgIpc) is 3.03. The van der Waals surface area contributed by atoms with E-state index in [-0.39, 0.29) is 11.8 Å². The van der Waals surface area contributed by atoms with E-state index in [1.807, 2.05) is 6.07 Å². The first kappa shape index (κ1) is 17.7. The zero-order valence-corrected chi connectivity index (χ0v) is 14.9. The predicted molar refractivity (Wildman–Crippen MR) is 99.5 cm³/mol. The van der Waals surface area contributed by atoms with Gasteiger partial charge in [0.2, 0.25) is 0 Å². The van der Waals surface area contributed by atoms with E-state index in [0.29, 0.717) is 38.9 Å². The summed E-state index contributed by atoms with van der Waals surface area (Å²) in [6, 6.07) is 13.7. The van der Waals surface area contributed by atoms with Crippen LogP contribution in [-0.4, -0.2) is 24.0 Å². The molecule has 3 rings (SSSR count). The first-order chi connectivity index (χ1) is 12.5. The van der Waals surface area contributed by atoms with Crippen LogP contribution in [0.25, 0.3) is 11.3 Å². The van der Waals surface area contributed by atoms with Crippen molar-refractivity contribution in [1.29, 1.82) is 0 Å². The molecule has 0 spiro atoms. The second-order valence-corrected chi connectivity index (χ2v) is 5.96. The highest BCUT2D eigenvalue weighted by molar-refractivity contribution is 6.33. The molecule has 7 heteroatoms. The molecule has 132 valence electrons.